The SMILES string of the molecule is O=C(CN1CCOC(c2ccc(F)cc2)C1)N1CCCCC1. The van der Waals surface area contributed by atoms with Crippen molar-refractivity contribution in [2.75, 3.05) is 39.3 Å². The minimum absolute atomic E-state index is 0.0801. The van der Waals surface area contributed by atoms with Crippen LogP contribution in [0.4, 0.5) is 4.39 Å². The van der Waals surface area contributed by atoms with E-state index in [4.69, 9.17) is 4.74 Å². The van der Waals surface area contributed by atoms with Crippen molar-refractivity contribution in [1.29, 1.82) is 0 Å². The lowest BCUT2D eigenvalue weighted by Gasteiger charge is -2.35. The molecule has 2 saturated heterocycles. The zero-order valence-corrected chi connectivity index (χ0v) is 12.8. The summed E-state index contributed by atoms with van der Waals surface area (Å²) < 4.78 is 18.8. The summed E-state index contributed by atoms with van der Waals surface area (Å²) in [7, 11) is 0. The van der Waals surface area contributed by atoms with Gasteiger partial charge in [0.15, 0.2) is 0 Å². The molecule has 0 aromatic heterocycles. The van der Waals surface area contributed by atoms with Crippen LogP contribution in [0.1, 0.15) is 30.9 Å². The normalized spacial score (nSPS) is 23.5. The predicted octanol–water partition coefficient (Wildman–Crippen LogP) is 2.21. The zero-order chi connectivity index (χ0) is 15.4. The smallest absolute Gasteiger partial charge is 0.236 e. The van der Waals surface area contributed by atoms with Crippen LogP contribution >= 0.6 is 0 Å². The number of benzene rings is 1. The lowest BCUT2D eigenvalue weighted by molar-refractivity contribution is -0.135. The van der Waals surface area contributed by atoms with Gasteiger partial charge in [-0.3, -0.25) is 9.69 Å². The van der Waals surface area contributed by atoms with Gasteiger partial charge in [-0.1, -0.05) is 12.1 Å². The lowest BCUT2D eigenvalue weighted by atomic mass is 10.1. The number of likely N-dealkylation sites (tertiary alicyclic amines) is 1. The van der Waals surface area contributed by atoms with Crippen LogP contribution < -0.4 is 0 Å². The van der Waals surface area contributed by atoms with Crippen LogP contribution in [0.25, 0.3) is 0 Å². The summed E-state index contributed by atoms with van der Waals surface area (Å²) in [5, 5.41) is 0. The number of morpholine rings is 1. The van der Waals surface area contributed by atoms with E-state index in [9.17, 15) is 9.18 Å². The number of halogens is 1. The molecule has 1 amide bonds. The van der Waals surface area contributed by atoms with Gasteiger partial charge in [0.1, 0.15) is 5.82 Å². The van der Waals surface area contributed by atoms with Crippen LogP contribution in [0.15, 0.2) is 24.3 Å². The van der Waals surface area contributed by atoms with E-state index in [2.05, 4.69) is 4.90 Å². The number of hydrogen-bond donors (Lipinski definition) is 0. The number of amides is 1. The molecule has 0 radical (unpaired) electrons. The summed E-state index contributed by atoms with van der Waals surface area (Å²) in [6.07, 6.45) is 3.39. The van der Waals surface area contributed by atoms with Crippen LogP contribution in [0, 0.1) is 5.82 Å². The van der Waals surface area contributed by atoms with Crippen molar-refractivity contribution >= 4 is 5.91 Å². The molecule has 4 nitrogen and oxygen atoms in total. The quantitative estimate of drug-likeness (QED) is 0.858. The van der Waals surface area contributed by atoms with Gasteiger partial charge >= 0.3 is 0 Å². The second-order valence-electron chi connectivity index (χ2n) is 6.09. The largest absolute Gasteiger partial charge is 0.371 e. The van der Waals surface area contributed by atoms with Crippen molar-refractivity contribution < 1.29 is 13.9 Å². The maximum absolute atomic E-state index is 13.0. The molecule has 2 heterocycles. The highest BCUT2D eigenvalue weighted by Gasteiger charge is 2.25. The third-order valence-electron chi connectivity index (χ3n) is 4.46. The number of piperidine rings is 1. The number of hydrogen-bond acceptors (Lipinski definition) is 3. The van der Waals surface area contributed by atoms with Gasteiger partial charge in [0.2, 0.25) is 5.91 Å². The van der Waals surface area contributed by atoms with E-state index < -0.39 is 0 Å². The zero-order valence-electron chi connectivity index (χ0n) is 12.8. The highest BCUT2D eigenvalue weighted by atomic mass is 19.1. The van der Waals surface area contributed by atoms with Crippen molar-refractivity contribution in [3.8, 4) is 0 Å². The number of ether oxygens (including phenoxy) is 1. The Hall–Kier alpha value is -1.46. The molecule has 2 aliphatic heterocycles. The minimum atomic E-state index is -0.239. The maximum atomic E-state index is 13.0. The monoisotopic (exact) mass is 306 g/mol. The first-order chi connectivity index (χ1) is 10.7. The average molecular weight is 306 g/mol. The number of carbonyl (C=O) groups excluding carboxylic acids is 1. The third kappa shape index (κ3) is 3.84. The Balaban J connectivity index is 1.56. The van der Waals surface area contributed by atoms with Crippen molar-refractivity contribution in [2.45, 2.75) is 25.4 Å². The second kappa shape index (κ2) is 7.20. The molecule has 120 valence electrons. The molecular formula is C17H23FN2O2. The van der Waals surface area contributed by atoms with E-state index in [-0.39, 0.29) is 17.8 Å². The molecular weight excluding hydrogens is 283 g/mol. The first-order valence-corrected chi connectivity index (χ1v) is 8.09. The fourth-order valence-electron chi connectivity index (χ4n) is 3.16. The Kier molecular flexibility index (Phi) is 5.05. The Bertz CT molecular complexity index is 500. The van der Waals surface area contributed by atoms with Crippen molar-refractivity contribution in [1.82, 2.24) is 9.80 Å². The molecule has 5 heteroatoms. The van der Waals surface area contributed by atoms with E-state index in [0.29, 0.717) is 19.7 Å². The van der Waals surface area contributed by atoms with E-state index in [1.54, 1.807) is 12.1 Å². The average Bonchev–Trinajstić information content (AvgIpc) is 2.56. The molecule has 0 bridgehead atoms. The van der Waals surface area contributed by atoms with Gasteiger partial charge < -0.3 is 9.64 Å². The summed E-state index contributed by atoms with van der Waals surface area (Å²) in [6, 6.07) is 6.43. The number of rotatable bonds is 3. The Morgan fingerprint density at radius 2 is 1.86 bits per heavy atom. The van der Waals surface area contributed by atoms with Crippen molar-refractivity contribution in [3.05, 3.63) is 35.6 Å². The van der Waals surface area contributed by atoms with Crippen molar-refractivity contribution in [3.63, 3.8) is 0 Å². The fourth-order valence-corrected chi connectivity index (χ4v) is 3.16. The van der Waals surface area contributed by atoms with Gasteiger partial charge in [-0.25, -0.2) is 4.39 Å². The summed E-state index contributed by atoms with van der Waals surface area (Å²) in [6.45, 7) is 4.31. The van der Waals surface area contributed by atoms with Gasteiger partial charge in [-0.05, 0) is 37.0 Å². The van der Waals surface area contributed by atoms with E-state index >= 15 is 0 Å². The molecule has 1 atom stereocenters. The molecule has 0 N–H and O–H groups in total. The molecule has 2 fully saturated rings. The molecule has 1 unspecified atom stereocenters. The number of carbonyl (C=O) groups is 1. The van der Waals surface area contributed by atoms with Crippen LogP contribution in [0.3, 0.4) is 0 Å². The lowest BCUT2D eigenvalue weighted by Crippen LogP contribution is -2.46. The summed E-state index contributed by atoms with van der Waals surface area (Å²) in [5.74, 6) is -0.0175. The third-order valence-corrected chi connectivity index (χ3v) is 4.46. The molecule has 22 heavy (non-hydrogen) atoms. The van der Waals surface area contributed by atoms with Gasteiger partial charge in [0, 0.05) is 26.2 Å². The molecule has 1 aromatic carbocycles. The van der Waals surface area contributed by atoms with Gasteiger partial charge in [0.05, 0.1) is 19.3 Å². The molecule has 0 aliphatic carbocycles. The fraction of sp³-hybridized carbons (Fsp3) is 0.588. The van der Waals surface area contributed by atoms with E-state index in [0.717, 1.165) is 38.0 Å². The van der Waals surface area contributed by atoms with Crippen LogP contribution in [-0.4, -0.2) is 55.0 Å². The van der Waals surface area contributed by atoms with E-state index in [1.807, 2.05) is 4.90 Å². The van der Waals surface area contributed by atoms with E-state index in [1.165, 1.54) is 18.6 Å². The highest BCUT2D eigenvalue weighted by Crippen LogP contribution is 2.22. The Morgan fingerprint density at radius 1 is 1.14 bits per heavy atom. The second-order valence-corrected chi connectivity index (χ2v) is 6.09. The summed E-state index contributed by atoms with van der Waals surface area (Å²) in [5.41, 5.74) is 0.969. The van der Waals surface area contributed by atoms with Crippen LogP contribution in [0.5, 0.6) is 0 Å². The summed E-state index contributed by atoms with van der Waals surface area (Å²) >= 11 is 0. The Labute approximate surface area is 130 Å². The Morgan fingerprint density at radius 3 is 2.59 bits per heavy atom. The molecule has 0 spiro atoms. The summed E-state index contributed by atoms with van der Waals surface area (Å²) in [4.78, 5) is 16.5. The standard InChI is InChI=1S/C17H23FN2O2/c18-15-6-4-14(5-7-15)16-12-19(10-11-22-16)13-17(21)20-8-2-1-3-9-20/h4-7,16H,1-3,8-13H2. The molecule has 1 aromatic rings. The van der Waals surface area contributed by atoms with Gasteiger partial charge in [-0.15, -0.1) is 0 Å². The highest BCUT2D eigenvalue weighted by molar-refractivity contribution is 5.78. The van der Waals surface area contributed by atoms with Crippen LogP contribution in [0.2, 0.25) is 0 Å². The number of nitrogens with zero attached hydrogens (tertiary/aromatic N) is 2. The molecule has 3 rings (SSSR count). The van der Waals surface area contributed by atoms with Gasteiger partial charge in [0.25, 0.3) is 0 Å². The topological polar surface area (TPSA) is 32.8 Å². The van der Waals surface area contributed by atoms with Gasteiger partial charge in [-0.2, -0.15) is 0 Å². The minimum Gasteiger partial charge on any atom is -0.371 e. The first kappa shape index (κ1) is 15.4. The maximum Gasteiger partial charge on any atom is 0.236 e. The predicted molar refractivity (Wildman–Crippen MR) is 82.0 cm³/mol. The first-order valence-electron chi connectivity index (χ1n) is 8.09. The molecule has 0 saturated carbocycles. The van der Waals surface area contributed by atoms with Crippen LogP contribution in [-0.2, 0) is 9.53 Å². The van der Waals surface area contributed by atoms with Crippen molar-refractivity contribution in [2.24, 2.45) is 0 Å². The molecule has 2 aliphatic rings.